The maximum Gasteiger partial charge on any atom is 0.0730 e. The lowest BCUT2D eigenvalue weighted by atomic mass is 10.1. The Hall–Kier alpha value is -1.55. The van der Waals surface area contributed by atoms with Crippen molar-refractivity contribution in [1.29, 1.82) is 0 Å². The van der Waals surface area contributed by atoms with Gasteiger partial charge in [0.15, 0.2) is 0 Å². The largest absolute Gasteiger partial charge is 0.384 e. The topological polar surface area (TPSA) is 50.9 Å². The molecule has 0 atom stereocenters. The van der Waals surface area contributed by atoms with Gasteiger partial charge in [0.05, 0.1) is 11.0 Å². The fraction of sp³-hybridized carbons (Fsp3) is 0.188. The molecule has 0 fully saturated rings. The Bertz CT molecular complexity index is 716. The maximum atomic E-state index is 5.53. The van der Waals surface area contributed by atoms with Crippen LogP contribution < -0.4 is 11.1 Å². The first kappa shape index (κ1) is 17.5. The van der Waals surface area contributed by atoms with E-state index in [9.17, 15) is 0 Å². The van der Waals surface area contributed by atoms with E-state index < -0.39 is 0 Å². The van der Waals surface area contributed by atoms with E-state index in [4.69, 9.17) is 10.7 Å². The zero-order valence-corrected chi connectivity index (χ0v) is 13.2. The highest BCUT2D eigenvalue weighted by Gasteiger charge is 2.03. The Morgan fingerprint density at radius 2 is 1.71 bits per heavy atom. The van der Waals surface area contributed by atoms with Crippen LogP contribution in [0, 0.1) is 0 Å². The van der Waals surface area contributed by atoms with E-state index in [1.165, 1.54) is 10.8 Å². The van der Waals surface area contributed by atoms with Gasteiger partial charge < -0.3 is 11.1 Å². The third kappa shape index (κ3) is 3.76. The molecule has 0 aliphatic rings. The number of hydrogen-bond acceptors (Lipinski definition) is 3. The predicted octanol–water partition coefficient (Wildman–Crippen LogP) is 3.99. The molecule has 0 aliphatic heterocycles. The van der Waals surface area contributed by atoms with Crippen molar-refractivity contribution in [2.45, 2.75) is 6.42 Å². The van der Waals surface area contributed by atoms with Gasteiger partial charge in [0.25, 0.3) is 0 Å². The molecule has 5 heteroatoms. The number of halogens is 2. The number of rotatable bonds is 4. The van der Waals surface area contributed by atoms with Crippen LogP contribution in [0.25, 0.3) is 21.8 Å². The molecule has 0 spiro atoms. The second-order valence-electron chi connectivity index (χ2n) is 4.62. The molecule has 0 unspecified atom stereocenters. The van der Waals surface area contributed by atoms with Crippen molar-refractivity contribution in [2.75, 3.05) is 18.4 Å². The van der Waals surface area contributed by atoms with Crippen molar-refractivity contribution in [3.05, 3.63) is 48.5 Å². The van der Waals surface area contributed by atoms with Crippen LogP contribution >= 0.6 is 24.8 Å². The zero-order chi connectivity index (χ0) is 13.1. The van der Waals surface area contributed by atoms with Gasteiger partial charge in [-0.3, -0.25) is 0 Å². The Kier molecular flexibility index (Phi) is 6.69. The normalized spacial score (nSPS) is 9.95. The molecule has 3 N–H and O–H groups in total. The van der Waals surface area contributed by atoms with Gasteiger partial charge in [0.2, 0.25) is 0 Å². The highest BCUT2D eigenvalue weighted by molar-refractivity contribution is 5.99. The molecule has 0 radical (unpaired) electrons. The molecule has 3 rings (SSSR count). The molecule has 0 bridgehead atoms. The van der Waals surface area contributed by atoms with Crippen LogP contribution in [0.2, 0.25) is 0 Å². The lowest BCUT2D eigenvalue weighted by Gasteiger charge is -2.10. The Morgan fingerprint density at radius 1 is 0.952 bits per heavy atom. The molecule has 0 saturated carbocycles. The summed E-state index contributed by atoms with van der Waals surface area (Å²) in [5, 5.41) is 5.77. The van der Waals surface area contributed by atoms with Gasteiger partial charge in [-0.15, -0.1) is 24.8 Å². The summed E-state index contributed by atoms with van der Waals surface area (Å²) in [5.74, 6) is 0. The number of fused-ring (bicyclic) bond motifs is 2. The zero-order valence-electron chi connectivity index (χ0n) is 11.6. The number of nitrogens with zero attached hydrogens (tertiary/aromatic N) is 1. The molecule has 3 aromatic rings. The number of benzene rings is 2. The van der Waals surface area contributed by atoms with E-state index in [2.05, 4.69) is 29.6 Å². The van der Waals surface area contributed by atoms with Crippen molar-refractivity contribution in [2.24, 2.45) is 5.73 Å². The van der Waals surface area contributed by atoms with Gasteiger partial charge in [0.1, 0.15) is 0 Å². The van der Waals surface area contributed by atoms with Crippen molar-refractivity contribution in [3.63, 3.8) is 0 Å². The third-order valence-corrected chi connectivity index (χ3v) is 3.26. The molecule has 112 valence electrons. The van der Waals surface area contributed by atoms with Crippen LogP contribution in [-0.4, -0.2) is 18.1 Å². The fourth-order valence-electron chi connectivity index (χ4n) is 2.28. The van der Waals surface area contributed by atoms with Crippen LogP contribution in [-0.2, 0) is 0 Å². The van der Waals surface area contributed by atoms with Gasteiger partial charge in [0, 0.05) is 23.0 Å². The van der Waals surface area contributed by atoms with Crippen LogP contribution in [0.1, 0.15) is 6.42 Å². The first-order valence-electron chi connectivity index (χ1n) is 6.61. The van der Waals surface area contributed by atoms with E-state index >= 15 is 0 Å². The minimum Gasteiger partial charge on any atom is -0.384 e. The molecule has 3 nitrogen and oxygen atoms in total. The third-order valence-electron chi connectivity index (χ3n) is 3.26. The SMILES string of the molecule is Cl.Cl.NCCCNc1cccc2nc3ccccc3cc12. The monoisotopic (exact) mass is 323 g/mol. The number of hydrogen-bond donors (Lipinski definition) is 2. The Labute approximate surface area is 136 Å². The van der Waals surface area contributed by atoms with Gasteiger partial charge in [-0.05, 0) is 37.2 Å². The molecule has 0 amide bonds. The molecule has 21 heavy (non-hydrogen) atoms. The van der Waals surface area contributed by atoms with Gasteiger partial charge in [-0.2, -0.15) is 0 Å². The van der Waals surface area contributed by atoms with Gasteiger partial charge in [-0.1, -0.05) is 24.3 Å². The van der Waals surface area contributed by atoms with E-state index in [-0.39, 0.29) is 24.8 Å². The van der Waals surface area contributed by atoms with Crippen LogP contribution in [0.5, 0.6) is 0 Å². The number of aromatic nitrogens is 1. The quantitative estimate of drug-likeness (QED) is 0.563. The fourth-order valence-corrected chi connectivity index (χ4v) is 2.28. The van der Waals surface area contributed by atoms with E-state index in [0.717, 1.165) is 29.7 Å². The van der Waals surface area contributed by atoms with Gasteiger partial charge >= 0.3 is 0 Å². The molecular weight excluding hydrogens is 305 g/mol. The van der Waals surface area contributed by atoms with Crippen LogP contribution in [0.3, 0.4) is 0 Å². The molecular formula is C16H19Cl2N3. The lowest BCUT2D eigenvalue weighted by Crippen LogP contribution is -2.08. The summed E-state index contributed by atoms with van der Waals surface area (Å²) in [6.45, 7) is 1.60. The van der Waals surface area contributed by atoms with Crippen LogP contribution in [0.4, 0.5) is 5.69 Å². The minimum atomic E-state index is 0. The maximum absolute atomic E-state index is 5.53. The first-order valence-corrected chi connectivity index (χ1v) is 6.61. The number of pyridine rings is 1. The highest BCUT2D eigenvalue weighted by Crippen LogP contribution is 2.25. The lowest BCUT2D eigenvalue weighted by molar-refractivity contribution is 0.875. The molecule has 1 aromatic heterocycles. The van der Waals surface area contributed by atoms with E-state index in [1.807, 2.05) is 24.3 Å². The van der Waals surface area contributed by atoms with Crippen LogP contribution in [0.15, 0.2) is 48.5 Å². The first-order chi connectivity index (χ1) is 9.38. The average molecular weight is 324 g/mol. The summed E-state index contributed by atoms with van der Waals surface area (Å²) in [6.07, 6.45) is 0.970. The average Bonchev–Trinajstić information content (AvgIpc) is 2.46. The smallest absolute Gasteiger partial charge is 0.0730 e. The summed E-state index contributed by atoms with van der Waals surface area (Å²) >= 11 is 0. The number of nitrogens with two attached hydrogens (primary N) is 1. The summed E-state index contributed by atoms with van der Waals surface area (Å²) in [6, 6.07) is 16.6. The molecule has 1 heterocycles. The molecule has 0 saturated heterocycles. The summed E-state index contributed by atoms with van der Waals surface area (Å²) in [4.78, 5) is 4.70. The van der Waals surface area contributed by atoms with E-state index in [0.29, 0.717) is 6.54 Å². The second-order valence-corrected chi connectivity index (χ2v) is 4.62. The van der Waals surface area contributed by atoms with Gasteiger partial charge in [-0.25, -0.2) is 4.98 Å². The summed E-state index contributed by atoms with van der Waals surface area (Å²) < 4.78 is 0. The minimum absolute atomic E-state index is 0. The number of para-hydroxylation sites is 1. The standard InChI is InChI=1S/C16H17N3.2ClH/c17-9-4-10-18-15-7-3-8-16-13(15)11-12-5-1-2-6-14(12)19-16;;/h1-3,5-8,11,18H,4,9-10,17H2;2*1H. The Balaban J connectivity index is 0.00000110. The van der Waals surface area contributed by atoms with Crippen molar-refractivity contribution in [1.82, 2.24) is 4.98 Å². The predicted molar refractivity (Wildman–Crippen MR) is 95.9 cm³/mol. The van der Waals surface area contributed by atoms with Crippen molar-refractivity contribution < 1.29 is 0 Å². The number of nitrogens with one attached hydrogen (secondary N) is 1. The van der Waals surface area contributed by atoms with Crippen molar-refractivity contribution >= 4 is 52.3 Å². The van der Waals surface area contributed by atoms with E-state index in [1.54, 1.807) is 0 Å². The van der Waals surface area contributed by atoms with Crippen molar-refractivity contribution in [3.8, 4) is 0 Å². The second kappa shape index (κ2) is 8.03. The molecule has 2 aromatic carbocycles. The number of anilines is 1. The molecule has 0 aliphatic carbocycles. The summed E-state index contributed by atoms with van der Waals surface area (Å²) in [5.41, 5.74) is 8.72. The summed E-state index contributed by atoms with van der Waals surface area (Å²) in [7, 11) is 0. The highest BCUT2D eigenvalue weighted by atomic mass is 35.5. The Morgan fingerprint density at radius 3 is 2.52 bits per heavy atom.